The number of carbonyl (C=O) groups excluding carboxylic acids is 2. The number of amides is 3. The van der Waals surface area contributed by atoms with E-state index in [-0.39, 0.29) is 18.0 Å². The van der Waals surface area contributed by atoms with E-state index < -0.39 is 18.3 Å². The van der Waals surface area contributed by atoms with Crippen LogP contribution in [0, 0.1) is 0 Å². The van der Waals surface area contributed by atoms with Gasteiger partial charge in [-0.2, -0.15) is 0 Å². The molecule has 5 rings (SSSR count). The first-order valence-electron chi connectivity index (χ1n) is 11.3. The molecule has 2 aliphatic heterocycles. The minimum absolute atomic E-state index is 0.219. The molecule has 0 aliphatic carbocycles. The van der Waals surface area contributed by atoms with Crippen LogP contribution in [-0.2, 0) is 17.9 Å². The van der Waals surface area contributed by atoms with Crippen molar-refractivity contribution in [1.82, 2.24) is 14.7 Å². The summed E-state index contributed by atoms with van der Waals surface area (Å²) < 4.78 is 0. The molecule has 2 saturated heterocycles. The van der Waals surface area contributed by atoms with Crippen LogP contribution in [-0.4, -0.2) is 50.1 Å². The van der Waals surface area contributed by atoms with Crippen molar-refractivity contribution < 1.29 is 14.7 Å². The lowest BCUT2D eigenvalue weighted by molar-refractivity contribution is -0.139. The van der Waals surface area contributed by atoms with Gasteiger partial charge in [0.25, 0.3) is 0 Å². The zero-order valence-electron chi connectivity index (χ0n) is 18.5. The third kappa shape index (κ3) is 3.76. The van der Waals surface area contributed by atoms with E-state index in [4.69, 9.17) is 0 Å². The molecule has 0 saturated carbocycles. The Kier molecular flexibility index (Phi) is 5.60. The summed E-state index contributed by atoms with van der Waals surface area (Å²) in [5.41, 5.74) is 2.85. The highest BCUT2D eigenvalue weighted by Crippen LogP contribution is 2.40. The number of rotatable bonds is 6. The average Bonchev–Trinajstić information content (AvgIpc) is 3.26. The van der Waals surface area contributed by atoms with Crippen molar-refractivity contribution in [2.75, 3.05) is 0 Å². The zero-order valence-corrected chi connectivity index (χ0v) is 18.5. The molecule has 6 nitrogen and oxygen atoms in total. The highest BCUT2D eigenvalue weighted by atomic mass is 16.3. The standard InChI is InChI=1S/C27H27N3O3/c1-19(22-15-9-4-10-16-22)30-25(31)23-24(26(30)32)29(18-21-13-7-3-8-14-21)27(33)28(23)17-20-11-5-2-6-12-20/h2-16,19,23-25,31H,17-18H2,1H3/t19-,23+,24?,25?/m1/s1. The van der Waals surface area contributed by atoms with Crippen molar-refractivity contribution in [2.24, 2.45) is 0 Å². The Hall–Kier alpha value is -3.64. The Morgan fingerprint density at radius 1 is 0.758 bits per heavy atom. The lowest BCUT2D eigenvalue weighted by atomic mass is 10.1. The number of aliphatic hydroxyl groups is 1. The fourth-order valence-corrected chi connectivity index (χ4v) is 5.03. The van der Waals surface area contributed by atoms with Gasteiger partial charge in [0.15, 0.2) is 6.23 Å². The number of fused-ring (bicyclic) bond motifs is 1. The van der Waals surface area contributed by atoms with Crippen LogP contribution >= 0.6 is 0 Å². The number of hydrogen-bond donors (Lipinski definition) is 1. The molecule has 2 aliphatic rings. The Labute approximate surface area is 193 Å². The van der Waals surface area contributed by atoms with Crippen molar-refractivity contribution in [2.45, 2.75) is 44.4 Å². The van der Waals surface area contributed by atoms with Crippen LogP contribution in [0.4, 0.5) is 4.79 Å². The maximum absolute atomic E-state index is 13.7. The lowest BCUT2D eigenvalue weighted by Gasteiger charge is -2.33. The van der Waals surface area contributed by atoms with Crippen molar-refractivity contribution in [1.29, 1.82) is 0 Å². The molecule has 0 spiro atoms. The predicted octanol–water partition coefficient (Wildman–Crippen LogP) is 3.78. The number of nitrogens with zero attached hydrogens (tertiary/aromatic N) is 3. The first-order valence-corrected chi connectivity index (χ1v) is 11.3. The van der Waals surface area contributed by atoms with Gasteiger partial charge in [-0.1, -0.05) is 91.0 Å². The molecule has 0 bridgehead atoms. The minimum atomic E-state index is -1.09. The van der Waals surface area contributed by atoms with Crippen LogP contribution < -0.4 is 0 Å². The molecule has 0 aromatic heterocycles. The predicted molar refractivity (Wildman–Crippen MR) is 125 cm³/mol. The van der Waals surface area contributed by atoms with Gasteiger partial charge in [0.05, 0.1) is 6.04 Å². The maximum Gasteiger partial charge on any atom is 0.321 e. The highest BCUT2D eigenvalue weighted by molar-refractivity contribution is 5.94. The van der Waals surface area contributed by atoms with E-state index in [0.717, 1.165) is 16.7 Å². The second-order valence-electron chi connectivity index (χ2n) is 8.69. The van der Waals surface area contributed by atoms with Gasteiger partial charge in [-0.25, -0.2) is 4.79 Å². The first kappa shape index (κ1) is 21.2. The van der Waals surface area contributed by atoms with Crippen LogP contribution in [0.2, 0.25) is 0 Å². The van der Waals surface area contributed by atoms with Gasteiger partial charge in [-0.05, 0) is 23.6 Å². The molecule has 3 aromatic carbocycles. The molecule has 2 heterocycles. The molecule has 2 fully saturated rings. The smallest absolute Gasteiger partial charge is 0.321 e. The molecule has 3 aromatic rings. The van der Waals surface area contributed by atoms with Crippen molar-refractivity contribution >= 4 is 11.9 Å². The van der Waals surface area contributed by atoms with E-state index in [1.165, 1.54) is 4.90 Å². The van der Waals surface area contributed by atoms with E-state index in [1.54, 1.807) is 9.80 Å². The fraction of sp³-hybridized carbons (Fsp3) is 0.259. The normalized spacial score (nSPS) is 23.2. The third-order valence-electron chi connectivity index (χ3n) is 6.70. The number of hydrogen-bond acceptors (Lipinski definition) is 3. The van der Waals surface area contributed by atoms with E-state index in [2.05, 4.69) is 0 Å². The number of likely N-dealkylation sites (tertiary alicyclic amines) is 1. The molecule has 3 amide bonds. The SMILES string of the molecule is C[C@H](c1ccccc1)N1C(=O)C2[C@@H](C1O)N(Cc1ccccc1)C(=O)N2Cc1ccccc1. The van der Waals surface area contributed by atoms with Gasteiger partial charge in [-0.15, -0.1) is 0 Å². The van der Waals surface area contributed by atoms with Crippen LogP contribution in [0.5, 0.6) is 0 Å². The van der Waals surface area contributed by atoms with Crippen molar-refractivity contribution in [3.8, 4) is 0 Å². The summed E-state index contributed by atoms with van der Waals surface area (Å²) in [5, 5.41) is 11.4. The van der Waals surface area contributed by atoms with Gasteiger partial charge in [0, 0.05) is 13.1 Å². The highest BCUT2D eigenvalue weighted by Gasteiger charge is 2.61. The van der Waals surface area contributed by atoms with Crippen molar-refractivity contribution in [3.05, 3.63) is 108 Å². The molecule has 33 heavy (non-hydrogen) atoms. The summed E-state index contributed by atoms with van der Waals surface area (Å²) in [6.45, 7) is 2.57. The van der Waals surface area contributed by atoms with Crippen LogP contribution in [0.3, 0.4) is 0 Å². The van der Waals surface area contributed by atoms with Crippen LogP contribution in [0.1, 0.15) is 29.7 Å². The van der Waals surface area contributed by atoms with E-state index in [9.17, 15) is 14.7 Å². The summed E-state index contributed by atoms with van der Waals surface area (Å²) in [6.07, 6.45) is -1.09. The van der Waals surface area contributed by atoms with E-state index in [1.807, 2.05) is 97.9 Å². The van der Waals surface area contributed by atoms with Crippen molar-refractivity contribution in [3.63, 3.8) is 0 Å². The molecule has 168 valence electrons. The Bertz CT molecular complexity index is 1120. The fourth-order valence-electron chi connectivity index (χ4n) is 5.03. The molecule has 2 unspecified atom stereocenters. The van der Waals surface area contributed by atoms with Gasteiger partial charge in [0.2, 0.25) is 5.91 Å². The summed E-state index contributed by atoms with van der Waals surface area (Å²) in [4.78, 5) is 32.0. The number of urea groups is 1. The quantitative estimate of drug-likeness (QED) is 0.633. The van der Waals surface area contributed by atoms with Crippen LogP contribution in [0.15, 0.2) is 91.0 Å². The van der Waals surface area contributed by atoms with Gasteiger partial charge in [0.1, 0.15) is 12.1 Å². The molecular formula is C27H27N3O3. The Balaban J connectivity index is 1.50. The lowest BCUT2D eigenvalue weighted by Crippen LogP contribution is -2.47. The summed E-state index contributed by atoms with van der Waals surface area (Å²) >= 11 is 0. The van der Waals surface area contributed by atoms with Gasteiger partial charge >= 0.3 is 6.03 Å². The van der Waals surface area contributed by atoms with Gasteiger partial charge in [-0.3, -0.25) is 4.79 Å². The third-order valence-corrected chi connectivity index (χ3v) is 6.70. The summed E-state index contributed by atoms with van der Waals surface area (Å²) in [6, 6.07) is 27.1. The molecule has 6 heteroatoms. The van der Waals surface area contributed by atoms with E-state index >= 15 is 0 Å². The zero-order chi connectivity index (χ0) is 22.9. The summed E-state index contributed by atoms with van der Waals surface area (Å²) in [5.74, 6) is -0.219. The number of benzene rings is 3. The number of carbonyl (C=O) groups is 2. The number of aliphatic hydroxyl groups excluding tert-OH is 1. The van der Waals surface area contributed by atoms with Gasteiger partial charge < -0.3 is 19.8 Å². The minimum Gasteiger partial charge on any atom is -0.371 e. The first-order chi connectivity index (χ1) is 16.1. The molecular weight excluding hydrogens is 414 g/mol. The molecule has 4 atom stereocenters. The molecule has 0 radical (unpaired) electrons. The molecule has 1 N–H and O–H groups in total. The second-order valence-corrected chi connectivity index (χ2v) is 8.69. The Morgan fingerprint density at radius 2 is 1.24 bits per heavy atom. The Morgan fingerprint density at radius 3 is 1.79 bits per heavy atom. The topological polar surface area (TPSA) is 64.1 Å². The summed E-state index contributed by atoms with van der Waals surface area (Å²) in [7, 11) is 0. The maximum atomic E-state index is 13.7. The largest absolute Gasteiger partial charge is 0.371 e. The van der Waals surface area contributed by atoms with E-state index in [0.29, 0.717) is 13.1 Å². The average molecular weight is 442 g/mol. The monoisotopic (exact) mass is 441 g/mol. The van der Waals surface area contributed by atoms with Crippen LogP contribution in [0.25, 0.3) is 0 Å². The second kappa shape index (κ2) is 8.71.